The monoisotopic (exact) mass is 349 g/mol. The molecule has 0 amide bonds. The number of nitrogens with zero attached hydrogens (tertiary/aromatic N) is 5. The van der Waals surface area contributed by atoms with Gasteiger partial charge < -0.3 is 4.90 Å². The average molecular weight is 349 g/mol. The first-order valence-corrected chi connectivity index (χ1v) is 9.08. The number of fused-ring (bicyclic) bond motifs is 1. The van der Waals surface area contributed by atoms with Crippen molar-refractivity contribution in [2.24, 2.45) is 7.05 Å². The first-order chi connectivity index (χ1) is 12.2. The summed E-state index contributed by atoms with van der Waals surface area (Å²) in [6.07, 6.45) is 5.61. The number of aromatic nitrogens is 4. The van der Waals surface area contributed by atoms with Gasteiger partial charge in [-0.25, -0.2) is 9.97 Å². The number of anilines is 1. The van der Waals surface area contributed by atoms with Crippen molar-refractivity contribution in [3.63, 3.8) is 0 Å². The van der Waals surface area contributed by atoms with Crippen LogP contribution in [-0.2, 0) is 13.6 Å². The third-order valence-corrected chi connectivity index (χ3v) is 5.27. The lowest BCUT2D eigenvalue weighted by Gasteiger charge is -2.21. The number of hydrogen-bond donors (Lipinski definition) is 0. The highest BCUT2D eigenvalue weighted by atomic mass is 32.1. The normalized spacial score (nSPS) is 11.1. The molecule has 126 valence electrons. The second-order valence-electron chi connectivity index (χ2n) is 5.93. The van der Waals surface area contributed by atoms with E-state index in [0.29, 0.717) is 0 Å². The van der Waals surface area contributed by atoms with Crippen molar-refractivity contribution in [3.05, 3.63) is 60.7 Å². The molecule has 0 aliphatic rings. The molecule has 0 N–H and O–H groups in total. The van der Waals surface area contributed by atoms with E-state index in [0.717, 1.165) is 29.1 Å². The number of rotatable bonds is 5. The summed E-state index contributed by atoms with van der Waals surface area (Å²) in [7, 11) is 1.94. The fourth-order valence-electron chi connectivity index (χ4n) is 2.95. The van der Waals surface area contributed by atoms with Crippen molar-refractivity contribution < 1.29 is 0 Å². The highest BCUT2D eigenvalue weighted by Gasteiger charge is 2.15. The second kappa shape index (κ2) is 6.64. The van der Waals surface area contributed by atoms with Gasteiger partial charge in [0.1, 0.15) is 17.0 Å². The van der Waals surface area contributed by atoms with Gasteiger partial charge in [-0.05, 0) is 18.6 Å². The molecule has 0 atom stereocenters. The Morgan fingerprint density at radius 3 is 2.72 bits per heavy atom. The predicted molar refractivity (Wildman–Crippen MR) is 103 cm³/mol. The Hall–Kier alpha value is -2.73. The van der Waals surface area contributed by atoms with Crippen LogP contribution >= 0.6 is 11.3 Å². The van der Waals surface area contributed by atoms with E-state index in [1.807, 2.05) is 30.2 Å². The van der Waals surface area contributed by atoms with E-state index in [4.69, 9.17) is 0 Å². The molecule has 0 aliphatic heterocycles. The lowest BCUT2D eigenvalue weighted by Crippen LogP contribution is -2.23. The minimum atomic E-state index is 0.785. The van der Waals surface area contributed by atoms with Crippen LogP contribution in [0.1, 0.15) is 12.5 Å². The highest BCUT2D eigenvalue weighted by molar-refractivity contribution is 7.21. The van der Waals surface area contributed by atoms with Crippen molar-refractivity contribution in [1.82, 2.24) is 19.7 Å². The average Bonchev–Trinajstić information content (AvgIpc) is 3.26. The predicted octanol–water partition coefficient (Wildman–Crippen LogP) is 4.12. The standard InChI is InChI=1S/C19H19N5S/c1-3-24(12-14-10-22-23(2)11-14)18-16-9-17(15-7-5-4-6-8-15)25-19(16)21-13-20-18/h4-11,13H,3,12H2,1-2H3. The van der Waals surface area contributed by atoms with Crippen LogP contribution in [-0.4, -0.2) is 26.3 Å². The lowest BCUT2D eigenvalue weighted by molar-refractivity contribution is 0.764. The van der Waals surface area contributed by atoms with Crippen molar-refractivity contribution >= 4 is 27.4 Å². The summed E-state index contributed by atoms with van der Waals surface area (Å²) < 4.78 is 1.83. The van der Waals surface area contributed by atoms with Gasteiger partial charge >= 0.3 is 0 Å². The third-order valence-electron chi connectivity index (χ3n) is 4.18. The van der Waals surface area contributed by atoms with Crippen LogP contribution in [0, 0.1) is 0 Å². The van der Waals surface area contributed by atoms with E-state index >= 15 is 0 Å². The molecule has 5 nitrogen and oxygen atoms in total. The van der Waals surface area contributed by atoms with Crippen molar-refractivity contribution in [2.45, 2.75) is 13.5 Å². The van der Waals surface area contributed by atoms with Crippen LogP contribution in [0.3, 0.4) is 0 Å². The molecule has 4 aromatic rings. The Morgan fingerprint density at radius 1 is 1.16 bits per heavy atom. The number of thiophene rings is 1. The Bertz CT molecular complexity index is 989. The molecular formula is C19H19N5S. The van der Waals surface area contributed by atoms with Crippen LogP contribution in [0.2, 0.25) is 0 Å². The zero-order valence-corrected chi connectivity index (χ0v) is 15.1. The van der Waals surface area contributed by atoms with Gasteiger partial charge in [-0.2, -0.15) is 5.10 Å². The molecule has 3 aromatic heterocycles. The van der Waals surface area contributed by atoms with Crippen LogP contribution in [0.15, 0.2) is 55.1 Å². The maximum Gasteiger partial charge on any atom is 0.141 e. The first kappa shape index (κ1) is 15.8. The summed E-state index contributed by atoms with van der Waals surface area (Å²) in [6.45, 7) is 3.80. The molecule has 0 spiro atoms. The Balaban J connectivity index is 1.74. The van der Waals surface area contributed by atoms with Crippen molar-refractivity contribution in [2.75, 3.05) is 11.4 Å². The molecule has 0 aliphatic carbocycles. The summed E-state index contributed by atoms with van der Waals surface area (Å²) in [4.78, 5) is 13.6. The van der Waals surface area contributed by atoms with Gasteiger partial charge in [0.15, 0.2) is 0 Å². The van der Waals surface area contributed by atoms with Gasteiger partial charge in [-0.3, -0.25) is 4.68 Å². The Morgan fingerprint density at radius 2 is 2.00 bits per heavy atom. The molecule has 0 saturated carbocycles. The Kier molecular flexibility index (Phi) is 4.19. The molecule has 4 rings (SSSR count). The molecule has 0 saturated heterocycles. The van der Waals surface area contributed by atoms with Crippen LogP contribution < -0.4 is 4.90 Å². The SMILES string of the molecule is CCN(Cc1cnn(C)c1)c1ncnc2sc(-c3ccccc3)cc12. The van der Waals surface area contributed by atoms with Crippen molar-refractivity contribution in [3.8, 4) is 10.4 Å². The summed E-state index contributed by atoms with van der Waals surface area (Å²) >= 11 is 1.71. The molecule has 0 bridgehead atoms. The maximum atomic E-state index is 4.58. The summed E-state index contributed by atoms with van der Waals surface area (Å²) in [5.41, 5.74) is 2.39. The van der Waals surface area contributed by atoms with E-state index in [1.165, 1.54) is 16.0 Å². The highest BCUT2D eigenvalue weighted by Crippen LogP contribution is 2.36. The van der Waals surface area contributed by atoms with Gasteiger partial charge in [0.25, 0.3) is 0 Å². The van der Waals surface area contributed by atoms with Gasteiger partial charge in [-0.15, -0.1) is 11.3 Å². The molecule has 6 heteroatoms. The fraction of sp³-hybridized carbons (Fsp3) is 0.211. The fourth-order valence-corrected chi connectivity index (χ4v) is 3.95. The van der Waals surface area contributed by atoms with E-state index in [2.05, 4.69) is 57.2 Å². The van der Waals surface area contributed by atoms with Gasteiger partial charge in [0.2, 0.25) is 0 Å². The molecule has 1 aromatic carbocycles. The summed E-state index contributed by atoms with van der Waals surface area (Å²) in [6, 6.07) is 12.6. The minimum absolute atomic E-state index is 0.785. The lowest BCUT2D eigenvalue weighted by atomic mass is 10.2. The van der Waals surface area contributed by atoms with Crippen LogP contribution in [0.25, 0.3) is 20.7 Å². The van der Waals surface area contributed by atoms with Crippen LogP contribution in [0.5, 0.6) is 0 Å². The summed E-state index contributed by atoms with van der Waals surface area (Å²) in [5.74, 6) is 0.981. The van der Waals surface area contributed by atoms with E-state index in [-0.39, 0.29) is 0 Å². The van der Waals surface area contributed by atoms with Gasteiger partial charge in [-0.1, -0.05) is 30.3 Å². The Labute approximate surface area is 150 Å². The quantitative estimate of drug-likeness (QED) is 0.544. The number of aryl methyl sites for hydroxylation is 1. The second-order valence-corrected chi connectivity index (χ2v) is 6.96. The molecule has 3 heterocycles. The molecule has 25 heavy (non-hydrogen) atoms. The summed E-state index contributed by atoms with van der Waals surface area (Å²) in [5, 5.41) is 5.37. The molecule has 0 fully saturated rings. The number of benzene rings is 1. The van der Waals surface area contributed by atoms with E-state index in [1.54, 1.807) is 17.7 Å². The third kappa shape index (κ3) is 3.13. The first-order valence-electron chi connectivity index (χ1n) is 8.27. The van der Waals surface area contributed by atoms with Gasteiger partial charge in [0.05, 0.1) is 11.6 Å². The molecular weight excluding hydrogens is 330 g/mol. The number of hydrogen-bond acceptors (Lipinski definition) is 5. The van der Waals surface area contributed by atoms with E-state index < -0.39 is 0 Å². The van der Waals surface area contributed by atoms with Gasteiger partial charge in [0, 0.05) is 36.8 Å². The topological polar surface area (TPSA) is 46.8 Å². The van der Waals surface area contributed by atoms with Crippen molar-refractivity contribution in [1.29, 1.82) is 0 Å². The molecule has 0 radical (unpaired) electrons. The minimum Gasteiger partial charge on any atom is -0.352 e. The zero-order valence-electron chi connectivity index (χ0n) is 14.3. The van der Waals surface area contributed by atoms with E-state index in [9.17, 15) is 0 Å². The zero-order chi connectivity index (χ0) is 17.2. The van der Waals surface area contributed by atoms with Crippen LogP contribution in [0.4, 0.5) is 5.82 Å². The smallest absolute Gasteiger partial charge is 0.141 e. The molecule has 0 unspecified atom stereocenters. The maximum absolute atomic E-state index is 4.58. The largest absolute Gasteiger partial charge is 0.352 e.